The van der Waals surface area contributed by atoms with Gasteiger partial charge in [-0.1, -0.05) is 65.2 Å². The van der Waals surface area contributed by atoms with Gasteiger partial charge in [0.2, 0.25) is 11.9 Å². The number of amides is 1. The van der Waals surface area contributed by atoms with Crippen molar-refractivity contribution >= 4 is 35.1 Å². The minimum atomic E-state index is -0.633. The van der Waals surface area contributed by atoms with E-state index in [1.54, 1.807) is 29.8 Å². The average molecular weight is 414 g/mol. The normalized spacial score (nSPS) is 15.9. The first-order valence-corrected chi connectivity index (χ1v) is 9.37. The van der Waals surface area contributed by atoms with Crippen molar-refractivity contribution in [3.8, 4) is 11.4 Å². The lowest BCUT2D eigenvalue weighted by Gasteiger charge is -2.28. The van der Waals surface area contributed by atoms with Gasteiger partial charge in [-0.3, -0.25) is 4.79 Å². The molecule has 1 aromatic heterocycles. The molecule has 1 atom stereocenters. The largest absolute Gasteiger partial charge is 0.366 e. The summed E-state index contributed by atoms with van der Waals surface area (Å²) in [5, 5.41) is 8.50. The Kier molecular flexibility index (Phi) is 4.61. The fourth-order valence-corrected chi connectivity index (χ4v) is 3.73. The maximum atomic E-state index is 12.3. The maximum Gasteiger partial charge on any atom is 0.248 e. The van der Waals surface area contributed by atoms with E-state index in [9.17, 15) is 4.79 Å². The molecule has 3 aromatic rings. The summed E-state index contributed by atoms with van der Waals surface area (Å²) in [6.45, 7) is 3.79. The van der Waals surface area contributed by atoms with Gasteiger partial charge < -0.3 is 11.1 Å². The first-order chi connectivity index (χ1) is 13.4. The van der Waals surface area contributed by atoms with Crippen molar-refractivity contribution in [2.45, 2.75) is 19.9 Å². The Morgan fingerprint density at radius 3 is 2.54 bits per heavy atom. The number of nitrogens with two attached hydrogens (primary N) is 1. The lowest BCUT2D eigenvalue weighted by Crippen LogP contribution is -2.32. The molecule has 0 aliphatic carbocycles. The highest BCUT2D eigenvalue weighted by molar-refractivity contribution is 6.42. The predicted molar refractivity (Wildman–Crippen MR) is 110 cm³/mol. The van der Waals surface area contributed by atoms with Crippen LogP contribution >= 0.6 is 23.2 Å². The molecule has 1 aliphatic heterocycles. The summed E-state index contributed by atoms with van der Waals surface area (Å²) < 4.78 is 1.62. The number of fused-ring (bicyclic) bond motifs is 1. The van der Waals surface area contributed by atoms with E-state index in [4.69, 9.17) is 28.9 Å². The van der Waals surface area contributed by atoms with E-state index < -0.39 is 11.9 Å². The molecule has 1 aliphatic rings. The van der Waals surface area contributed by atoms with Gasteiger partial charge in [0.25, 0.3) is 0 Å². The zero-order chi connectivity index (χ0) is 20.0. The molecule has 0 radical (unpaired) electrons. The Bertz CT molecular complexity index is 1120. The topological polar surface area (TPSA) is 85.8 Å². The summed E-state index contributed by atoms with van der Waals surface area (Å²) in [5.41, 5.74) is 9.29. The fourth-order valence-electron chi connectivity index (χ4n) is 3.31. The molecular weight excluding hydrogens is 397 g/mol. The third-order valence-corrected chi connectivity index (χ3v) is 5.54. The summed E-state index contributed by atoms with van der Waals surface area (Å²) in [5.74, 6) is 0.465. The highest BCUT2D eigenvalue weighted by atomic mass is 35.5. The number of rotatable bonds is 3. The molecule has 3 N–H and O–H groups in total. The van der Waals surface area contributed by atoms with Gasteiger partial charge >= 0.3 is 0 Å². The second-order valence-electron chi connectivity index (χ2n) is 6.64. The second-order valence-corrected chi connectivity index (χ2v) is 7.43. The number of nitrogens with one attached hydrogen (secondary N) is 1. The lowest BCUT2D eigenvalue weighted by atomic mass is 9.95. The van der Waals surface area contributed by atoms with Crippen molar-refractivity contribution in [1.82, 2.24) is 14.8 Å². The number of hydrogen-bond donors (Lipinski definition) is 2. The molecule has 0 bridgehead atoms. The van der Waals surface area contributed by atoms with E-state index >= 15 is 0 Å². The fraction of sp³-hybridized carbons (Fsp3) is 0.150. The number of benzene rings is 2. The molecule has 0 spiro atoms. The smallest absolute Gasteiger partial charge is 0.248 e. The monoisotopic (exact) mass is 413 g/mol. The molecular formula is C20H17Cl2N5O. The van der Waals surface area contributed by atoms with Crippen molar-refractivity contribution in [2.24, 2.45) is 5.73 Å². The Morgan fingerprint density at radius 1 is 1.14 bits per heavy atom. The highest BCUT2D eigenvalue weighted by Crippen LogP contribution is 2.40. The van der Waals surface area contributed by atoms with E-state index in [0.717, 1.165) is 11.1 Å². The summed E-state index contributed by atoms with van der Waals surface area (Å²) >= 11 is 12.7. The summed E-state index contributed by atoms with van der Waals surface area (Å²) in [4.78, 5) is 16.9. The van der Waals surface area contributed by atoms with E-state index in [0.29, 0.717) is 38.7 Å². The van der Waals surface area contributed by atoms with Crippen LogP contribution in [0.25, 0.3) is 11.4 Å². The van der Waals surface area contributed by atoms with Gasteiger partial charge in [0, 0.05) is 16.8 Å². The molecule has 0 saturated heterocycles. The van der Waals surface area contributed by atoms with Crippen LogP contribution in [0.2, 0.25) is 10.0 Å². The number of aryl methyl sites for hydroxylation is 1. The van der Waals surface area contributed by atoms with E-state index in [2.05, 4.69) is 15.4 Å². The van der Waals surface area contributed by atoms with E-state index in [1.807, 2.05) is 31.2 Å². The number of carbonyl (C=O) groups excluding carboxylic acids is 1. The van der Waals surface area contributed by atoms with Gasteiger partial charge in [0.15, 0.2) is 5.82 Å². The SMILES string of the molecule is CC1=C(C(N)=O)C(c2cccc(Cl)c2Cl)n2nc(-c3ccc(C)cc3)nc2N1. The average Bonchev–Trinajstić information content (AvgIpc) is 3.07. The minimum Gasteiger partial charge on any atom is -0.366 e. The molecule has 28 heavy (non-hydrogen) atoms. The first kappa shape index (κ1) is 18.5. The van der Waals surface area contributed by atoms with Gasteiger partial charge in [-0.25, -0.2) is 4.68 Å². The number of allylic oxidation sites excluding steroid dienone is 1. The van der Waals surface area contributed by atoms with E-state index in [-0.39, 0.29) is 0 Å². The number of anilines is 1. The van der Waals surface area contributed by atoms with Crippen LogP contribution in [0.5, 0.6) is 0 Å². The van der Waals surface area contributed by atoms with Gasteiger partial charge in [-0.15, -0.1) is 5.10 Å². The van der Waals surface area contributed by atoms with Crippen molar-refractivity contribution < 1.29 is 4.79 Å². The van der Waals surface area contributed by atoms with Crippen LogP contribution in [0.4, 0.5) is 5.95 Å². The standard InChI is InChI=1S/C20H17Cl2N5O/c1-10-6-8-12(9-7-10)19-25-20-24-11(2)15(18(23)28)17(27(20)26-19)13-4-3-5-14(21)16(13)22/h3-9,17H,1-2H3,(H2,23,28)(H,24,25,26). The van der Waals surface area contributed by atoms with Gasteiger partial charge in [0.1, 0.15) is 6.04 Å². The molecule has 2 aromatic carbocycles. The zero-order valence-corrected chi connectivity index (χ0v) is 16.7. The third-order valence-electron chi connectivity index (χ3n) is 4.70. The van der Waals surface area contributed by atoms with Crippen LogP contribution in [0.1, 0.15) is 24.1 Å². The van der Waals surface area contributed by atoms with Gasteiger partial charge in [0.05, 0.1) is 15.6 Å². The Labute approximate surface area is 172 Å². The highest BCUT2D eigenvalue weighted by Gasteiger charge is 2.34. The first-order valence-electron chi connectivity index (χ1n) is 8.62. The molecule has 2 heterocycles. The van der Waals surface area contributed by atoms with Crippen LogP contribution in [0, 0.1) is 6.92 Å². The molecule has 0 fully saturated rings. The van der Waals surface area contributed by atoms with Gasteiger partial charge in [-0.2, -0.15) is 4.98 Å². The van der Waals surface area contributed by atoms with Crippen molar-refractivity contribution in [1.29, 1.82) is 0 Å². The minimum absolute atomic E-state index is 0.348. The predicted octanol–water partition coefficient (Wildman–Crippen LogP) is 4.33. The molecule has 6 nitrogen and oxygen atoms in total. The summed E-state index contributed by atoms with van der Waals surface area (Å²) in [6.07, 6.45) is 0. The molecule has 1 amide bonds. The summed E-state index contributed by atoms with van der Waals surface area (Å²) in [6, 6.07) is 12.5. The Balaban J connectivity index is 1.92. The van der Waals surface area contributed by atoms with Crippen LogP contribution in [0.3, 0.4) is 0 Å². The number of halogens is 2. The molecule has 1 unspecified atom stereocenters. The molecule has 142 valence electrons. The Hall–Kier alpha value is -2.83. The second kappa shape index (κ2) is 6.96. The van der Waals surface area contributed by atoms with Gasteiger partial charge in [-0.05, 0) is 19.9 Å². The maximum absolute atomic E-state index is 12.3. The number of nitrogens with zero attached hydrogens (tertiary/aromatic N) is 3. The van der Waals surface area contributed by atoms with E-state index in [1.165, 1.54) is 0 Å². The van der Waals surface area contributed by atoms with Crippen LogP contribution in [-0.2, 0) is 4.79 Å². The summed E-state index contributed by atoms with van der Waals surface area (Å²) in [7, 11) is 0. The third kappa shape index (κ3) is 3.04. The quantitative estimate of drug-likeness (QED) is 0.668. The zero-order valence-electron chi connectivity index (χ0n) is 15.2. The van der Waals surface area contributed by atoms with Crippen LogP contribution < -0.4 is 11.1 Å². The molecule has 8 heteroatoms. The number of aromatic nitrogens is 3. The van der Waals surface area contributed by atoms with Crippen LogP contribution in [0.15, 0.2) is 53.7 Å². The van der Waals surface area contributed by atoms with Crippen molar-refractivity contribution in [3.63, 3.8) is 0 Å². The van der Waals surface area contributed by atoms with Crippen LogP contribution in [-0.4, -0.2) is 20.7 Å². The molecule has 4 rings (SSSR count). The number of primary amides is 1. The number of hydrogen-bond acceptors (Lipinski definition) is 4. The molecule has 0 saturated carbocycles. The van der Waals surface area contributed by atoms with Crippen molar-refractivity contribution in [2.75, 3.05) is 5.32 Å². The number of carbonyl (C=O) groups is 1. The van der Waals surface area contributed by atoms with Crippen molar-refractivity contribution in [3.05, 3.63) is 74.9 Å². The lowest BCUT2D eigenvalue weighted by molar-refractivity contribution is -0.115. The Morgan fingerprint density at radius 2 is 1.86 bits per heavy atom.